The number of halogens is 1. The Labute approximate surface area is 58.5 Å². The van der Waals surface area contributed by atoms with Gasteiger partial charge in [0, 0.05) is 5.33 Å². The van der Waals surface area contributed by atoms with Crippen molar-refractivity contribution in [1.82, 2.24) is 0 Å². The van der Waals surface area contributed by atoms with Crippen molar-refractivity contribution in [1.29, 1.82) is 0 Å². The first-order valence-corrected chi connectivity index (χ1v) is 3.76. The van der Waals surface area contributed by atoms with Crippen LogP contribution in [0.2, 0.25) is 0 Å². The summed E-state index contributed by atoms with van der Waals surface area (Å²) < 4.78 is 0. The minimum absolute atomic E-state index is 0.188. The van der Waals surface area contributed by atoms with Crippen LogP contribution >= 0.6 is 15.9 Å². The van der Waals surface area contributed by atoms with Gasteiger partial charge >= 0.3 is 0 Å². The molecule has 0 unspecified atom stereocenters. The molecule has 0 amide bonds. The van der Waals surface area contributed by atoms with Crippen molar-refractivity contribution in [3.63, 3.8) is 0 Å². The fraction of sp³-hybridized carbons (Fsp3) is 0.667. The molecule has 0 aliphatic carbocycles. The van der Waals surface area contributed by atoms with E-state index in [9.17, 15) is 0 Å². The van der Waals surface area contributed by atoms with E-state index in [1.165, 1.54) is 0 Å². The van der Waals surface area contributed by atoms with Crippen LogP contribution in [0.25, 0.3) is 0 Å². The molecule has 1 N–H and O–H groups in total. The van der Waals surface area contributed by atoms with Crippen LogP contribution in [0.15, 0.2) is 11.6 Å². The van der Waals surface area contributed by atoms with E-state index in [1.807, 2.05) is 13.0 Å². The Morgan fingerprint density at radius 1 is 1.75 bits per heavy atom. The molecule has 0 spiro atoms. The summed E-state index contributed by atoms with van der Waals surface area (Å²) in [6.07, 6.45) is 3.03. The van der Waals surface area contributed by atoms with Gasteiger partial charge in [-0.25, -0.2) is 0 Å². The Morgan fingerprint density at radius 2 is 2.38 bits per heavy atom. The van der Waals surface area contributed by atoms with Crippen LogP contribution in [0.5, 0.6) is 0 Å². The molecule has 48 valence electrons. The average Bonchev–Trinajstić information content (AvgIpc) is 1.83. The quantitative estimate of drug-likeness (QED) is 0.516. The molecule has 0 aromatic heterocycles. The minimum Gasteiger partial charge on any atom is -0.392 e. The standard InChI is InChI=1S/C6H11BrO/c1-6(5-8)3-2-4-7/h3,8H,2,4-5H2,1H3. The molecule has 0 aromatic carbocycles. The summed E-state index contributed by atoms with van der Waals surface area (Å²) in [5.41, 5.74) is 1.05. The molecule has 0 heterocycles. The summed E-state index contributed by atoms with van der Waals surface area (Å²) in [7, 11) is 0. The van der Waals surface area contributed by atoms with Crippen molar-refractivity contribution in [3.05, 3.63) is 11.6 Å². The molecule has 0 atom stereocenters. The Hall–Kier alpha value is 0.180. The molecule has 8 heavy (non-hydrogen) atoms. The summed E-state index contributed by atoms with van der Waals surface area (Å²) in [4.78, 5) is 0. The molecule has 0 saturated carbocycles. The molecule has 0 saturated heterocycles. The number of aliphatic hydroxyl groups is 1. The molecule has 0 aliphatic rings. The van der Waals surface area contributed by atoms with E-state index in [1.54, 1.807) is 0 Å². The molecule has 2 heteroatoms. The Kier molecular flexibility index (Phi) is 5.44. The second kappa shape index (κ2) is 5.32. The molecule has 0 rings (SSSR count). The molecule has 1 nitrogen and oxygen atoms in total. The first-order chi connectivity index (χ1) is 3.81. The van der Waals surface area contributed by atoms with Crippen LogP contribution in [0, 0.1) is 0 Å². The lowest BCUT2D eigenvalue weighted by molar-refractivity contribution is 0.331. The maximum absolute atomic E-state index is 8.48. The van der Waals surface area contributed by atoms with Crippen LogP contribution in [0.4, 0.5) is 0 Å². The summed E-state index contributed by atoms with van der Waals surface area (Å²) in [5.74, 6) is 0. The van der Waals surface area contributed by atoms with Gasteiger partial charge in [-0.1, -0.05) is 27.6 Å². The predicted octanol–water partition coefficient (Wildman–Crippen LogP) is 1.71. The highest BCUT2D eigenvalue weighted by Gasteiger charge is 1.81. The van der Waals surface area contributed by atoms with Crippen molar-refractivity contribution < 1.29 is 5.11 Å². The van der Waals surface area contributed by atoms with Crippen LogP contribution in [0.1, 0.15) is 13.3 Å². The lowest BCUT2D eigenvalue weighted by Gasteiger charge is -1.90. The Morgan fingerprint density at radius 3 is 2.75 bits per heavy atom. The predicted molar refractivity (Wildman–Crippen MR) is 39.3 cm³/mol. The third kappa shape index (κ3) is 4.34. The van der Waals surface area contributed by atoms with Gasteiger partial charge < -0.3 is 5.11 Å². The second-order valence-corrected chi connectivity index (χ2v) is 2.48. The monoisotopic (exact) mass is 178 g/mol. The summed E-state index contributed by atoms with van der Waals surface area (Å²) in [6, 6.07) is 0. The van der Waals surface area contributed by atoms with E-state index in [4.69, 9.17) is 5.11 Å². The Balaban J connectivity index is 3.26. The lowest BCUT2D eigenvalue weighted by Crippen LogP contribution is -1.83. The maximum Gasteiger partial charge on any atom is 0.0639 e. The normalized spacial score (nSPS) is 12.1. The number of allylic oxidation sites excluding steroid dienone is 1. The number of rotatable bonds is 3. The van der Waals surface area contributed by atoms with Gasteiger partial charge in [0.05, 0.1) is 6.61 Å². The number of alkyl halides is 1. The first kappa shape index (κ1) is 8.18. The highest BCUT2D eigenvalue weighted by Crippen LogP contribution is 1.95. The number of hydrogen-bond acceptors (Lipinski definition) is 1. The van der Waals surface area contributed by atoms with Gasteiger partial charge in [-0.3, -0.25) is 0 Å². The van der Waals surface area contributed by atoms with Crippen LogP contribution in [-0.2, 0) is 0 Å². The number of aliphatic hydroxyl groups excluding tert-OH is 1. The topological polar surface area (TPSA) is 20.2 Å². The molecule has 0 radical (unpaired) electrons. The molecular formula is C6H11BrO. The number of hydrogen-bond donors (Lipinski definition) is 1. The van der Waals surface area contributed by atoms with E-state index < -0.39 is 0 Å². The summed E-state index contributed by atoms with van der Waals surface area (Å²) in [5, 5.41) is 9.45. The highest BCUT2D eigenvalue weighted by atomic mass is 79.9. The molecule has 0 fully saturated rings. The molecule has 0 aliphatic heterocycles. The van der Waals surface area contributed by atoms with E-state index in [2.05, 4.69) is 15.9 Å². The summed E-state index contributed by atoms with van der Waals surface area (Å²) >= 11 is 3.28. The first-order valence-electron chi connectivity index (χ1n) is 2.63. The van der Waals surface area contributed by atoms with Crippen molar-refractivity contribution >= 4 is 15.9 Å². The molecule has 0 aromatic rings. The van der Waals surface area contributed by atoms with Crippen LogP contribution in [-0.4, -0.2) is 17.0 Å². The van der Waals surface area contributed by atoms with Gasteiger partial charge in [0.1, 0.15) is 0 Å². The van der Waals surface area contributed by atoms with E-state index in [0.717, 1.165) is 17.3 Å². The fourth-order valence-electron chi connectivity index (χ4n) is 0.366. The highest BCUT2D eigenvalue weighted by molar-refractivity contribution is 9.09. The average molecular weight is 179 g/mol. The van der Waals surface area contributed by atoms with Gasteiger partial charge in [-0.05, 0) is 13.3 Å². The minimum atomic E-state index is 0.188. The van der Waals surface area contributed by atoms with Crippen LogP contribution < -0.4 is 0 Å². The molecular weight excluding hydrogens is 168 g/mol. The van der Waals surface area contributed by atoms with Crippen molar-refractivity contribution in [2.24, 2.45) is 0 Å². The fourth-order valence-corrected chi connectivity index (χ4v) is 0.594. The van der Waals surface area contributed by atoms with Gasteiger partial charge in [0.2, 0.25) is 0 Å². The van der Waals surface area contributed by atoms with Crippen LogP contribution in [0.3, 0.4) is 0 Å². The SMILES string of the molecule is CC(=CCCBr)CO. The lowest BCUT2D eigenvalue weighted by atomic mass is 10.3. The zero-order valence-corrected chi connectivity index (χ0v) is 6.61. The third-order valence-electron chi connectivity index (χ3n) is 0.851. The van der Waals surface area contributed by atoms with Crippen molar-refractivity contribution in [2.45, 2.75) is 13.3 Å². The van der Waals surface area contributed by atoms with Gasteiger partial charge in [-0.15, -0.1) is 0 Å². The zero-order chi connectivity index (χ0) is 6.41. The largest absolute Gasteiger partial charge is 0.392 e. The van der Waals surface area contributed by atoms with Gasteiger partial charge in [0.25, 0.3) is 0 Å². The molecule has 0 bridgehead atoms. The smallest absolute Gasteiger partial charge is 0.0639 e. The van der Waals surface area contributed by atoms with Gasteiger partial charge in [0.15, 0.2) is 0 Å². The Bertz CT molecular complexity index is 78.6. The van der Waals surface area contributed by atoms with Gasteiger partial charge in [-0.2, -0.15) is 0 Å². The maximum atomic E-state index is 8.48. The van der Waals surface area contributed by atoms with E-state index in [-0.39, 0.29) is 6.61 Å². The van der Waals surface area contributed by atoms with Crippen molar-refractivity contribution in [2.75, 3.05) is 11.9 Å². The zero-order valence-electron chi connectivity index (χ0n) is 5.02. The van der Waals surface area contributed by atoms with E-state index in [0.29, 0.717) is 0 Å². The van der Waals surface area contributed by atoms with Crippen molar-refractivity contribution in [3.8, 4) is 0 Å². The summed E-state index contributed by atoms with van der Waals surface area (Å²) in [6.45, 7) is 2.11. The van der Waals surface area contributed by atoms with E-state index >= 15 is 0 Å². The second-order valence-electron chi connectivity index (χ2n) is 1.69. The third-order valence-corrected chi connectivity index (χ3v) is 1.31.